The van der Waals surface area contributed by atoms with Crippen LogP contribution in [0.2, 0.25) is 0 Å². The molecule has 0 spiro atoms. The van der Waals surface area contributed by atoms with Crippen molar-refractivity contribution in [1.82, 2.24) is 5.32 Å². The van der Waals surface area contributed by atoms with Crippen LogP contribution in [-0.2, 0) is 12.8 Å². The zero-order chi connectivity index (χ0) is 20.3. The molecule has 0 saturated heterocycles. The van der Waals surface area contributed by atoms with Crippen LogP contribution in [-0.4, -0.2) is 5.91 Å². The second-order valence-corrected chi connectivity index (χ2v) is 6.82. The SMILES string of the molecule is C=C(/C=C\C(=C/N)c1cc2c(cc1C)CCC2)NC(=O)c1c(F)cccc1F. The molecule has 28 heavy (non-hydrogen) atoms. The molecule has 3 nitrogen and oxygen atoms in total. The quantitative estimate of drug-likeness (QED) is 0.747. The fourth-order valence-electron chi connectivity index (χ4n) is 3.45. The number of amides is 1. The second kappa shape index (κ2) is 8.21. The van der Waals surface area contributed by atoms with Crippen LogP contribution in [0.5, 0.6) is 0 Å². The van der Waals surface area contributed by atoms with E-state index in [2.05, 4.69) is 24.0 Å². The first-order valence-corrected chi connectivity index (χ1v) is 9.07. The topological polar surface area (TPSA) is 55.1 Å². The van der Waals surface area contributed by atoms with Crippen LogP contribution in [0.1, 0.15) is 39.0 Å². The lowest BCUT2D eigenvalue weighted by molar-refractivity contribution is 0.0959. The minimum atomic E-state index is -0.925. The maximum Gasteiger partial charge on any atom is 0.261 e. The Kier molecular flexibility index (Phi) is 5.73. The first-order valence-electron chi connectivity index (χ1n) is 9.07. The summed E-state index contributed by atoms with van der Waals surface area (Å²) in [6.45, 7) is 5.76. The summed E-state index contributed by atoms with van der Waals surface area (Å²) in [5.41, 5.74) is 11.0. The molecule has 1 aliphatic carbocycles. The van der Waals surface area contributed by atoms with E-state index in [9.17, 15) is 13.6 Å². The number of halogens is 2. The van der Waals surface area contributed by atoms with Gasteiger partial charge in [0.25, 0.3) is 5.91 Å². The normalized spacial score (nSPS) is 13.6. The molecule has 0 unspecified atom stereocenters. The molecule has 5 heteroatoms. The van der Waals surface area contributed by atoms with E-state index in [1.54, 1.807) is 12.2 Å². The van der Waals surface area contributed by atoms with Crippen molar-refractivity contribution in [3.8, 4) is 0 Å². The number of benzene rings is 2. The molecule has 0 aliphatic heterocycles. The number of carbonyl (C=O) groups is 1. The lowest BCUT2D eigenvalue weighted by Crippen LogP contribution is -2.23. The van der Waals surface area contributed by atoms with E-state index in [1.165, 1.54) is 23.4 Å². The van der Waals surface area contributed by atoms with Gasteiger partial charge in [-0.3, -0.25) is 4.79 Å². The summed E-state index contributed by atoms with van der Waals surface area (Å²) in [5, 5.41) is 2.40. The molecule has 1 amide bonds. The number of aryl methyl sites for hydroxylation is 3. The summed E-state index contributed by atoms with van der Waals surface area (Å²) < 4.78 is 27.4. The van der Waals surface area contributed by atoms with Crippen molar-refractivity contribution in [3.05, 3.63) is 100 Å². The Labute approximate surface area is 163 Å². The van der Waals surface area contributed by atoms with Gasteiger partial charge in [-0.05, 0) is 72.2 Å². The smallest absolute Gasteiger partial charge is 0.261 e. The number of nitrogens with one attached hydrogen (secondary N) is 1. The van der Waals surface area contributed by atoms with E-state index in [-0.39, 0.29) is 5.70 Å². The molecule has 0 aromatic heterocycles. The van der Waals surface area contributed by atoms with Gasteiger partial charge in [-0.1, -0.05) is 30.9 Å². The molecule has 0 fully saturated rings. The minimum absolute atomic E-state index is 0.200. The van der Waals surface area contributed by atoms with E-state index < -0.39 is 23.1 Å². The third-order valence-electron chi connectivity index (χ3n) is 4.86. The number of nitrogens with two attached hydrogens (primary N) is 1. The van der Waals surface area contributed by atoms with Gasteiger partial charge < -0.3 is 11.1 Å². The van der Waals surface area contributed by atoms with Crippen LogP contribution < -0.4 is 11.1 Å². The number of allylic oxidation sites excluding steroid dienone is 3. The summed E-state index contributed by atoms with van der Waals surface area (Å²) in [5.74, 6) is -2.74. The lowest BCUT2D eigenvalue weighted by Gasteiger charge is -2.11. The molecule has 2 aromatic carbocycles. The summed E-state index contributed by atoms with van der Waals surface area (Å²) in [4.78, 5) is 12.1. The second-order valence-electron chi connectivity index (χ2n) is 6.82. The Morgan fingerprint density at radius 1 is 1.14 bits per heavy atom. The Balaban J connectivity index is 1.75. The monoisotopic (exact) mass is 380 g/mol. The Hall–Kier alpha value is -3.21. The fourth-order valence-corrected chi connectivity index (χ4v) is 3.45. The first-order chi connectivity index (χ1) is 13.4. The van der Waals surface area contributed by atoms with Gasteiger partial charge in [0.1, 0.15) is 17.2 Å². The Bertz CT molecular complexity index is 986. The van der Waals surface area contributed by atoms with Crippen molar-refractivity contribution in [2.24, 2.45) is 5.73 Å². The molecule has 0 heterocycles. The van der Waals surface area contributed by atoms with Gasteiger partial charge in [-0.25, -0.2) is 8.78 Å². The summed E-state index contributed by atoms with van der Waals surface area (Å²) >= 11 is 0. The molecular formula is C23H22F2N2O. The van der Waals surface area contributed by atoms with Crippen LogP contribution in [0.25, 0.3) is 5.57 Å². The van der Waals surface area contributed by atoms with E-state index in [0.29, 0.717) is 0 Å². The molecule has 2 aromatic rings. The average Bonchev–Trinajstić information content (AvgIpc) is 3.09. The van der Waals surface area contributed by atoms with E-state index >= 15 is 0 Å². The predicted molar refractivity (Wildman–Crippen MR) is 107 cm³/mol. The highest BCUT2D eigenvalue weighted by Crippen LogP contribution is 2.29. The average molecular weight is 380 g/mol. The first kappa shape index (κ1) is 19.5. The van der Waals surface area contributed by atoms with Crippen molar-refractivity contribution in [2.75, 3.05) is 0 Å². The number of fused-ring (bicyclic) bond motifs is 1. The standard InChI is InChI=1S/C23H22F2N2O/c1-14-11-16-5-3-6-17(16)12-19(14)18(13-26)10-9-15(2)27-23(28)22-20(24)7-4-8-21(22)25/h4,7-13H,2-3,5-6,26H2,1H3,(H,27,28)/b10-9-,18-13+. The van der Waals surface area contributed by atoms with Gasteiger partial charge >= 0.3 is 0 Å². The predicted octanol–water partition coefficient (Wildman–Crippen LogP) is 4.56. The van der Waals surface area contributed by atoms with Crippen LogP contribution in [0, 0.1) is 18.6 Å². The Morgan fingerprint density at radius 3 is 2.43 bits per heavy atom. The highest BCUT2D eigenvalue weighted by atomic mass is 19.1. The third kappa shape index (κ3) is 4.03. The molecule has 144 valence electrons. The van der Waals surface area contributed by atoms with Crippen LogP contribution in [0.3, 0.4) is 0 Å². The van der Waals surface area contributed by atoms with E-state index in [0.717, 1.165) is 48.1 Å². The van der Waals surface area contributed by atoms with Crippen LogP contribution >= 0.6 is 0 Å². The third-order valence-corrected chi connectivity index (χ3v) is 4.86. The summed E-state index contributed by atoms with van der Waals surface area (Å²) in [6.07, 6.45) is 8.09. The lowest BCUT2D eigenvalue weighted by atomic mass is 9.95. The molecular weight excluding hydrogens is 358 g/mol. The molecule has 0 bridgehead atoms. The highest BCUT2D eigenvalue weighted by molar-refractivity contribution is 5.96. The fraction of sp³-hybridized carbons (Fsp3) is 0.174. The van der Waals surface area contributed by atoms with E-state index in [4.69, 9.17) is 5.73 Å². The largest absolute Gasteiger partial charge is 0.404 e. The highest BCUT2D eigenvalue weighted by Gasteiger charge is 2.17. The molecule has 1 aliphatic rings. The van der Waals surface area contributed by atoms with Crippen molar-refractivity contribution >= 4 is 11.5 Å². The Morgan fingerprint density at radius 2 is 1.79 bits per heavy atom. The van der Waals surface area contributed by atoms with Gasteiger partial charge in [0.2, 0.25) is 0 Å². The van der Waals surface area contributed by atoms with Crippen molar-refractivity contribution in [1.29, 1.82) is 0 Å². The van der Waals surface area contributed by atoms with Crippen LogP contribution in [0.4, 0.5) is 8.78 Å². The molecule has 0 atom stereocenters. The summed E-state index contributed by atoms with van der Waals surface area (Å²) in [6, 6.07) is 7.60. The molecule has 3 N–H and O–H groups in total. The minimum Gasteiger partial charge on any atom is -0.404 e. The zero-order valence-electron chi connectivity index (χ0n) is 15.7. The zero-order valence-corrected chi connectivity index (χ0v) is 15.7. The summed E-state index contributed by atoms with van der Waals surface area (Å²) in [7, 11) is 0. The number of hydrogen-bond acceptors (Lipinski definition) is 2. The van der Waals surface area contributed by atoms with Crippen LogP contribution in [0.15, 0.2) is 61.0 Å². The van der Waals surface area contributed by atoms with Crippen molar-refractivity contribution < 1.29 is 13.6 Å². The molecule has 0 saturated carbocycles. The van der Waals surface area contributed by atoms with Crippen molar-refractivity contribution in [2.45, 2.75) is 26.2 Å². The number of hydrogen-bond donors (Lipinski definition) is 2. The van der Waals surface area contributed by atoms with Gasteiger partial charge in [0.15, 0.2) is 0 Å². The molecule has 0 radical (unpaired) electrons. The maximum absolute atomic E-state index is 13.7. The number of rotatable bonds is 5. The maximum atomic E-state index is 13.7. The van der Waals surface area contributed by atoms with Gasteiger partial charge in [0, 0.05) is 11.9 Å². The van der Waals surface area contributed by atoms with Gasteiger partial charge in [0.05, 0.1) is 0 Å². The van der Waals surface area contributed by atoms with Gasteiger partial charge in [-0.15, -0.1) is 0 Å². The van der Waals surface area contributed by atoms with Crippen molar-refractivity contribution in [3.63, 3.8) is 0 Å². The molecule has 3 rings (SSSR count). The van der Waals surface area contributed by atoms with Gasteiger partial charge in [-0.2, -0.15) is 0 Å². The van der Waals surface area contributed by atoms with E-state index in [1.807, 2.05) is 6.92 Å². The number of carbonyl (C=O) groups excluding carboxylic acids is 1.